The van der Waals surface area contributed by atoms with Crippen molar-refractivity contribution in [3.05, 3.63) is 46.1 Å². The van der Waals surface area contributed by atoms with Gasteiger partial charge in [-0.3, -0.25) is 9.36 Å². The largest absolute Gasteiger partial charge is 0.345 e. The first-order valence-corrected chi connectivity index (χ1v) is 13.8. The lowest BCUT2D eigenvalue weighted by atomic mass is 9.95. The third-order valence-corrected chi connectivity index (χ3v) is 9.33. The van der Waals surface area contributed by atoms with Crippen molar-refractivity contribution in [2.45, 2.75) is 69.2 Å². The lowest BCUT2D eigenvalue weighted by Gasteiger charge is -2.32. The van der Waals surface area contributed by atoms with E-state index < -0.39 is 10.0 Å². The van der Waals surface area contributed by atoms with Crippen LogP contribution < -0.4 is 5.69 Å². The summed E-state index contributed by atoms with van der Waals surface area (Å²) in [6.07, 6.45) is 5.85. The van der Waals surface area contributed by atoms with Gasteiger partial charge in [-0.25, -0.2) is 17.9 Å². The van der Waals surface area contributed by atoms with E-state index in [0.29, 0.717) is 31.7 Å². The van der Waals surface area contributed by atoms with Crippen LogP contribution in [0.5, 0.6) is 0 Å². The molecule has 1 saturated heterocycles. The van der Waals surface area contributed by atoms with Crippen LogP contribution in [0.4, 0.5) is 0 Å². The quantitative estimate of drug-likeness (QED) is 0.596. The number of carbonyl (C=O) groups excluding carboxylic acids is 1. The third kappa shape index (κ3) is 4.57. The van der Waals surface area contributed by atoms with Crippen molar-refractivity contribution in [1.82, 2.24) is 23.6 Å². The molecular formula is C24H35N5O4S. The molecule has 1 aliphatic carbocycles. The zero-order valence-corrected chi connectivity index (χ0v) is 21.1. The molecule has 10 heteroatoms. The topological polar surface area (TPSA) is 97.5 Å². The smallest absolute Gasteiger partial charge is 0.339 e. The number of likely N-dealkylation sites (tertiary alicyclic amines) is 1. The minimum Gasteiger partial charge on any atom is -0.339 e. The highest BCUT2D eigenvalue weighted by atomic mass is 32.2. The minimum atomic E-state index is -3.55. The highest BCUT2D eigenvalue weighted by Gasteiger charge is 2.32. The molecule has 186 valence electrons. The second kappa shape index (κ2) is 10.0. The number of hydrogen-bond acceptors (Lipinski definition) is 5. The van der Waals surface area contributed by atoms with Crippen molar-refractivity contribution in [2.75, 3.05) is 26.2 Å². The van der Waals surface area contributed by atoms with Gasteiger partial charge >= 0.3 is 5.69 Å². The van der Waals surface area contributed by atoms with Crippen LogP contribution in [0, 0.1) is 0 Å². The molecule has 0 N–H and O–H groups in total. The van der Waals surface area contributed by atoms with E-state index in [-0.39, 0.29) is 28.5 Å². The number of piperidine rings is 1. The first kappa shape index (κ1) is 24.7. The molecule has 2 fully saturated rings. The van der Waals surface area contributed by atoms with E-state index >= 15 is 0 Å². The highest BCUT2D eigenvalue weighted by molar-refractivity contribution is 7.89. The molecule has 1 aromatic carbocycles. The van der Waals surface area contributed by atoms with Gasteiger partial charge in [-0.1, -0.05) is 26.7 Å². The van der Waals surface area contributed by atoms with E-state index in [2.05, 4.69) is 5.10 Å². The molecule has 1 aliphatic heterocycles. The number of nitrogens with zero attached hydrogens (tertiary/aromatic N) is 5. The molecule has 1 aromatic heterocycles. The molecule has 34 heavy (non-hydrogen) atoms. The number of hydrogen-bond donors (Lipinski definition) is 0. The van der Waals surface area contributed by atoms with E-state index in [0.717, 1.165) is 44.3 Å². The number of aryl methyl sites for hydroxylation is 1. The van der Waals surface area contributed by atoms with E-state index in [1.165, 1.54) is 21.1 Å². The predicted molar refractivity (Wildman–Crippen MR) is 129 cm³/mol. The van der Waals surface area contributed by atoms with Crippen LogP contribution >= 0.6 is 0 Å². The molecule has 9 nitrogen and oxygen atoms in total. The van der Waals surface area contributed by atoms with Gasteiger partial charge in [0.2, 0.25) is 10.0 Å². The lowest BCUT2D eigenvalue weighted by Crippen LogP contribution is -2.39. The van der Waals surface area contributed by atoms with Gasteiger partial charge in [-0.05, 0) is 49.9 Å². The summed E-state index contributed by atoms with van der Waals surface area (Å²) in [4.78, 5) is 27.8. The Bertz CT molecular complexity index is 1170. The molecule has 0 radical (unpaired) electrons. The van der Waals surface area contributed by atoms with E-state index in [1.54, 1.807) is 33.0 Å². The van der Waals surface area contributed by atoms with E-state index in [9.17, 15) is 18.0 Å². The Kier molecular flexibility index (Phi) is 7.28. The van der Waals surface area contributed by atoms with E-state index in [1.807, 2.05) is 9.47 Å². The second-order valence-electron chi connectivity index (χ2n) is 9.25. The zero-order chi connectivity index (χ0) is 24.5. The Labute approximate surface area is 201 Å². The summed E-state index contributed by atoms with van der Waals surface area (Å²) >= 11 is 0. The Morgan fingerprint density at radius 2 is 1.62 bits per heavy atom. The fraction of sp³-hybridized carbons (Fsp3) is 0.625. The van der Waals surface area contributed by atoms with Gasteiger partial charge in [0.05, 0.1) is 4.90 Å². The van der Waals surface area contributed by atoms with Gasteiger partial charge in [0.15, 0.2) is 0 Å². The fourth-order valence-corrected chi connectivity index (χ4v) is 6.75. The normalized spacial score (nSPS) is 18.2. The zero-order valence-electron chi connectivity index (χ0n) is 20.3. The van der Waals surface area contributed by atoms with Gasteiger partial charge in [0, 0.05) is 50.7 Å². The van der Waals surface area contributed by atoms with Gasteiger partial charge in [-0.2, -0.15) is 9.40 Å². The van der Waals surface area contributed by atoms with Gasteiger partial charge in [-0.15, -0.1) is 0 Å². The maximum absolute atomic E-state index is 13.1. The van der Waals surface area contributed by atoms with Crippen LogP contribution in [0.2, 0.25) is 0 Å². The molecule has 0 bridgehead atoms. The van der Waals surface area contributed by atoms with Crippen LogP contribution in [0.25, 0.3) is 0 Å². The summed E-state index contributed by atoms with van der Waals surface area (Å²) in [6.45, 7) is 5.58. The number of rotatable bonds is 7. The molecule has 2 heterocycles. The average Bonchev–Trinajstić information content (AvgIpc) is 3.47. The first-order chi connectivity index (χ1) is 16.3. The molecule has 2 aromatic rings. The van der Waals surface area contributed by atoms with Crippen LogP contribution in [0.3, 0.4) is 0 Å². The molecule has 0 unspecified atom stereocenters. The van der Waals surface area contributed by atoms with Gasteiger partial charge in [0.25, 0.3) is 5.91 Å². The van der Waals surface area contributed by atoms with Crippen LogP contribution in [-0.4, -0.2) is 64.1 Å². The monoisotopic (exact) mass is 489 g/mol. The van der Waals surface area contributed by atoms with Crippen molar-refractivity contribution < 1.29 is 13.2 Å². The molecule has 4 rings (SSSR count). The number of sulfonamides is 1. The minimum absolute atomic E-state index is 0.0415. The summed E-state index contributed by atoms with van der Waals surface area (Å²) in [5.41, 5.74) is 0.442. The number of benzene rings is 1. The first-order valence-electron chi connectivity index (χ1n) is 12.3. The standard InChI is InChI=1S/C24H35N5O4S/c1-4-28(5-2)34(32,33)21-12-10-19(11-13-21)23(30)27-16-14-18(15-17-27)22-25-26(3)24(31)29(22)20-8-6-7-9-20/h10-13,18,20H,4-9,14-17H2,1-3H3. The Morgan fingerprint density at radius 1 is 1.03 bits per heavy atom. The maximum Gasteiger partial charge on any atom is 0.345 e. The van der Waals surface area contributed by atoms with Crippen molar-refractivity contribution in [2.24, 2.45) is 7.05 Å². The average molecular weight is 490 g/mol. The summed E-state index contributed by atoms with van der Waals surface area (Å²) in [6, 6.07) is 6.47. The summed E-state index contributed by atoms with van der Waals surface area (Å²) in [5.74, 6) is 0.914. The van der Waals surface area contributed by atoms with Crippen molar-refractivity contribution in [3.63, 3.8) is 0 Å². The SMILES string of the molecule is CCN(CC)S(=O)(=O)c1ccc(C(=O)N2CCC(c3nn(C)c(=O)n3C3CCCC3)CC2)cc1. The van der Waals surface area contributed by atoms with Crippen molar-refractivity contribution >= 4 is 15.9 Å². The molecule has 0 spiro atoms. The Balaban J connectivity index is 1.44. The number of aromatic nitrogens is 3. The lowest BCUT2D eigenvalue weighted by molar-refractivity contribution is 0.0709. The molecule has 2 aliphatic rings. The summed E-state index contributed by atoms with van der Waals surface area (Å²) < 4.78 is 30.1. The second-order valence-corrected chi connectivity index (χ2v) is 11.2. The molecular weight excluding hydrogens is 454 g/mol. The van der Waals surface area contributed by atoms with Crippen LogP contribution in [0.1, 0.15) is 80.5 Å². The molecule has 1 saturated carbocycles. The van der Waals surface area contributed by atoms with Gasteiger partial charge in [0.1, 0.15) is 5.82 Å². The molecule has 0 atom stereocenters. The fourth-order valence-electron chi connectivity index (χ4n) is 5.29. The Hall–Kier alpha value is -2.46. The van der Waals surface area contributed by atoms with Crippen molar-refractivity contribution in [1.29, 1.82) is 0 Å². The Morgan fingerprint density at radius 3 is 2.18 bits per heavy atom. The van der Waals surface area contributed by atoms with Crippen molar-refractivity contribution in [3.8, 4) is 0 Å². The highest BCUT2D eigenvalue weighted by Crippen LogP contribution is 2.33. The maximum atomic E-state index is 13.1. The van der Waals surface area contributed by atoms with Crippen LogP contribution in [-0.2, 0) is 17.1 Å². The van der Waals surface area contributed by atoms with Crippen LogP contribution in [0.15, 0.2) is 34.0 Å². The number of amides is 1. The van der Waals surface area contributed by atoms with E-state index in [4.69, 9.17) is 0 Å². The number of carbonyl (C=O) groups is 1. The molecule has 1 amide bonds. The third-order valence-electron chi connectivity index (χ3n) is 7.26. The summed E-state index contributed by atoms with van der Waals surface area (Å²) in [7, 11) is -1.84. The predicted octanol–water partition coefficient (Wildman–Crippen LogP) is 2.75. The van der Waals surface area contributed by atoms with Gasteiger partial charge < -0.3 is 4.90 Å². The summed E-state index contributed by atoms with van der Waals surface area (Å²) in [5, 5.41) is 4.57.